The molecule has 1 saturated carbocycles. The molecule has 1 aromatic heterocycles. The molecule has 1 aliphatic rings. The van der Waals surface area contributed by atoms with Crippen LogP contribution in [0.1, 0.15) is 34.8 Å². The summed E-state index contributed by atoms with van der Waals surface area (Å²) in [5.41, 5.74) is 0.148. The van der Waals surface area contributed by atoms with Crippen LogP contribution < -0.4 is 5.43 Å². The van der Waals surface area contributed by atoms with Crippen LogP contribution in [0.2, 0.25) is 0 Å². The van der Waals surface area contributed by atoms with E-state index in [2.05, 4.69) is 6.07 Å². The smallest absolute Gasteiger partial charge is 0.341 e. The van der Waals surface area contributed by atoms with Crippen LogP contribution in [0.25, 0.3) is 10.9 Å². The monoisotopic (exact) mass is 260 g/mol. The summed E-state index contributed by atoms with van der Waals surface area (Å²) in [6.07, 6.45) is 3.24. The largest absolute Gasteiger partial charge is 0.477 e. The van der Waals surface area contributed by atoms with E-state index in [9.17, 15) is 14.0 Å². The first-order valence-electron chi connectivity index (χ1n) is 5.99. The number of nitrogens with zero attached hydrogens (tertiary/aromatic N) is 1. The Morgan fingerprint density at radius 2 is 2.21 bits per heavy atom. The molecule has 0 amide bonds. The van der Waals surface area contributed by atoms with E-state index in [-0.39, 0.29) is 17.0 Å². The van der Waals surface area contributed by atoms with Crippen molar-refractivity contribution in [3.63, 3.8) is 0 Å². The molecule has 0 unspecified atom stereocenters. The molecular formula is C14H11FNO3. The Bertz CT molecular complexity index is 759. The topological polar surface area (TPSA) is 59.3 Å². The summed E-state index contributed by atoms with van der Waals surface area (Å²) in [5, 5.41) is 9.19. The van der Waals surface area contributed by atoms with Crippen molar-refractivity contribution in [3.8, 4) is 0 Å². The van der Waals surface area contributed by atoms with Crippen molar-refractivity contribution in [2.75, 3.05) is 0 Å². The lowest BCUT2D eigenvalue weighted by Gasteiger charge is -2.13. The normalized spacial score (nSPS) is 14.8. The second kappa shape index (κ2) is 3.91. The van der Waals surface area contributed by atoms with Gasteiger partial charge in [-0.05, 0) is 31.4 Å². The Hall–Kier alpha value is -2.17. The highest BCUT2D eigenvalue weighted by atomic mass is 19.1. The van der Waals surface area contributed by atoms with E-state index in [1.54, 1.807) is 11.5 Å². The Morgan fingerprint density at radius 3 is 2.79 bits per heavy atom. The fraction of sp³-hybridized carbons (Fsp3) is 0.286. The standard InChI is InChI=1S/C14H11FNO3/c1-7-4-8(15)5-10-12(7)16(9-2-3-9)6-11(13(10)17)14(18)19/h5-6,9H,2-3H2,1H3,(H,18,19). The zero-order valence-electron chi connectivity index (χ0n) is 10.2. The molecule has 0 bridgehead atoms. The summed E-state index contributed by atoms with van der Waals surface area (Å²) in [6.45, 7) is 1.67. The van der Waals surface area contributed by atoms with Gasteiger partial charge in [-0.25, -0.2) is 9.18 Å². The third-order valence-corrected chi connectivity index (χ3v) is 3.37. The van der Waals surface area contributed by atoms with Gasteiger partial charge in [0, 0.05) is 23.7 Å². The SMILES string of the molecule is Cc1[c]c(F)cc2c(=O)c(C(=O)O)cn(C3CC3)c12. The Kier molecular flexibility index (Phi) is 2.45. The number of benzene rings is 1. The van der Waals surface area contributed by atoms with Gasteiger partial charge < -0.3 is 9.67 Å². The highest BCUT2D eigenvalue weighted by Gasteiger charge is 2.27. The van der Waals surface area contributed by atoms with Gasteiger partial charge in [0.2, 0.25) is 5.43 Å². The number of hydrogen-bond donors (Lipinski definition) is 1. The van der Waals surface area contributed by atoms with E-state index in [4.69, 9.17) is 5.11 Å². The van der Waals surface area contributed by atoms with Crippen LogP contribution in [0, 0.1) is 18.8 Å². The van der Waals surface area contributed by atoms with Crippen LogP contribution >= 0.6 is 0 Å². The van der Waals surface area contributed by atoms with Crippen LogP contribution in [-0.4, -0.2) is 15.6 Å². The number of hydrogen-bond acceptors (Lipinski definition) is 2. The highest BCUT2D eigenvalue weighted by Crippen LogP contribution is 2.37. The minimum Gasteiger partial charge on any atom is -0.477 e. The Morgan fingerprint density at radius 1 is 1.53 bits per heavy atom. The molecule has 2 aromatic rings. The fourth-order valence-electron chi connectivity index (χ4n) is 2.38. The maximum absolute atomic E-state index is 13.4. The molecule has 4 nitrogen and oxygen atoms in total. The number of aromatic nitrogens is 1. The van der Waals surface area contributed by atoms with Gasteiger partial charge in [0.15, 0.2) is 0 Å². The van der Waals surface area contributed by atoms with Gasteiger partial charge in [-0.15, -0.1) is 0 Å². The summed E-state index contributed by atoms with van der Waals surface area (Å²) < 4.78 is 15.2. The van der Waals surface area contributed by atoms with Crippen molar-refractivity contribution in [3.05, 3.63) is 45.5 Å². The van der Waals surface area contributed by atoms with Crippen molar-refractivity contribution in [2.45, 2.75) is 25.8 Å². The van der Waals surface area contributed by atoms with E-state index in [1.807, 2.05) is 0 Å². The van der Waals surface area contributed by atoms with Crippen LogP contribution in [0.15, 0.2) is 17.1 Å². The van der Waals surface area contributed by atoms with Gasteiger partial charge in [0.25, 0.3) is 0 Å². The average molecular weight is 260 g/mol. The van der Waals surface area contributed by atoms with Crippen molar-refractivity contribution in [2.24, 2.45) is 0 Å². The molecule has 1 radical (unpaired) electrons. The Balaban J connectivity index is 2.49. The van der Waals surface area contributed by atoms with Gasteiger partial charge in [-0.1, -0.05) is 0 Å². The lowest BCUT2D eigenvalue weighted by atomic mass is 10.1. The van der Waals surface area contributed by atoms with Crippen LogP contribution in [0.5, 0.6) is 0 Å². The maximum atomic E-state index is 13.4. The molecule has 1 aliphatic carbocycles. The number of carboxylic acid groups (broad SMARTS) is 1. The zero-order chi connectivity index (χ0) is 13.7. The minimum atomic E-state index is -1.29. The Labute approximate surface area is 108 Å². The summed E-state index contributed by atoms with van der Waals surface area (Å²) in [6, 6.07) is 3.80. The molecule has 5 heteroatoms. The van der Waals surface area contributed by atoms with E-state index in [0.29, 0.717) is 11.1 Å². The van der Waals surface area contributed by atoms with Crippen molar-refractivity contribution in [1.82, 2.24) is 4.57 Å². The lowest BCUT2D eigenvalue weighted by molar-refractivity contribution is 0.0695. The third-order valence-electron chi connectivity index (χ3n) is 3.37. The van der Waals surface area contributed by atoms with Crippen molar-refractivity contribution >= 4 is 16.9 Å². The van der Waals surface area contributed by atoms with Crippen LogP contribution in [0.3, 0.4) is 0 Å². The van der Waals surface area contributed by atoms with Crippen LogP contribution in [-0.2, 0) is 0 Å². The number of fused-ring (bicyclic) bond motifs is 1. The fourth-order valence-corrected chi connectivity index (χ4v) is 2.38. The van der Waals surface area contributed by atoms with E-state index < -0.39 is 17.2 Å². The number of pyridine rings is 1. The summed E-state index contributed by atoms with van der Waals surface area (Å²) in [4.78, 5) is 23.2. The van der Waals surface area contributed by atoms with E-state index in [0.717, 1.165) is 18.9 Å². The molecule has 0 aliphatic heterocycles. The van der Waals surface area contributed by atoms with Crippen LogP contribution in [0.4, 0.5) is 4.39 Å². The minimum absolute atomic E-state index is 0.112. The van der Waals surface area contributed by atoms with Gasteiger partial charge in [-0.3, -0.25) is 4.79 Å². The zero-order valence-corrected chi connectivity index (χ0v) is 10.2. The van der Waals surface area contributed by atoms with Gasteiger partial charge in [0.05, 0.1) is 5.52 Å². The second-order valence-electron chi connectivity index (χ2n) is 4.82. The van der Waals surface area contributed by atoms with Crippen molar-refractivity contribution in [1.29, 1.82) is 0 Å². The molecule has 3 rings (SSSR count). The molecule has 19 heavy (non-hydrogen) atoms. The predicted molar refractivity (Wildman–Crippen MR) is 67.0 cm³/mol. The molecule has 1 fully saturated rings. The lowest BCUT2D eigenvalue weighted by Crippen LogP contribution is -2.19. The first-order chi connectivity index (χ1) is 8.99. The molecule has 0 saturated heterocycles. The maximum Gasteiger partial charge on any atom is 0.341 e. The summed E-state index contributed by atoms with van der Waals surface area (Å²) in [5.74, 6) is -1.93. The van der Waals surface area contributed by atoms with E-state index >= 15 is 0 Å². The second-order valence-corrected chi connectivity index (χ2v) is 4.82. The highest BCUT2D eigenvalue weighted by molar-refractivity contribution is 5.93. The summed E-state index contributed by atoms with van der Waals surface area (Å²) >= 11 is 0. The number of carbonyl (C=O) groups is 1. The van der Waals surface area contributed by atoms with E-state index in [1.165, 1.54) is 6.20 Å². The number of aromatic carboxylic acids is 1. The summed E-state index contributed by atoms with van der Waals surface area (Å²) in [7, 11) is 0. The van der Waals surface area contributed by atoms with Gasteiger partial charge in [0.1, 0.15) is 11.4 Å². The predicted octanol–water partition coefficient (Wildman–Crippen LogP) is 2.28. The number of halogens is 1. The first-order valence-corrected chi connectivity index (χ1v) is 5.99. The molecule has 0 atom stereocenters. The number of rotatable bonds is 2. The number of carboxylic acids is 1. The molecule has 0 spiro atoms. The quantitative estimate of drug-likeness (QED) is 0.901. The van der Waals surface area contributed by atoms with Gasteiger partial charge in [-0.2, -0.15) is 0 Å². The molecular weight excluding hydrogens is 249 g/mol. The number of aryl methyl sites for hydroxylation is 1. The molecule has 97 valence electrons. The third kappa shape index (κ3) is 1.82. The average Bonchev–Trinajstić information content (AvgIpc) is 3.13. The van der Waals surface area contributed by atoms with Crippen molar-refractivity contribution < 1.29 is 14.3 Å². The first kappa shape index (κ1) is 11.9. The molecule has 1 N–H and O–H groups in total. The molecule has 1 heterocycles. The molecule has 1 aromatic carbocycles. The van der Waals surface area contributed by atoms with Gasteiger partial charge >= 0.3 is 5.97 Å².